The monoisotopic (exact) mass is 218 g/mol. The second-order valence-corrected chi connectivity index (χ2v) is 3.84. The van der Waals surface area contributed by atoms with Gasteiger partial charge in [-0.15, -0.1) is 11.6 Å². The van der Waals surface area contributed by atoms with Gasteiger partial charge in [-0.1, -0.05) is 6.92 Å². The standard InChI is InChI=1S/C11H13ClF2/c1-8(7-12)2-3-9-6-10(13)4-5-11(9)14/h4-6,8H,2-3,7H2,1H3. The van der Waals surface area contributed by atoms with E-state index in [1.807, 2.05) is 6.92 Å². The minimum atomic E-state index is -0.389. The highest BCUT2D eigenvalue weighted by atomic mass is 35.5. The van der Waals surface area contributed by atoms with Crippen LogP contribution in [0.5, 0.6) is 0 Å². The first-order valence-corrected chi connectivity index (χ1v) is 5.17. The van der Waals surface area contributed by atoms with Crippen molar-refractivity contribution < 1.29 is 8.78 Å². The molecule has 1 rings (SSSR count). The lowest BCUT2D eigenvalue weighted by atomic mass is 10.0. The van der Waals surface area contributed by atoms with E-state index in [2.05, 4.69) is 0 Å². The summed E-state index contributed by atoms with van der Waals surface area (Å²) in [6.07, 6.45) is 1.32. The summed E-state index contributed by atoms with van der Waals surface area (Å²) < 4.78 is 25.9. The van der Waals surface area contributed by atoms with Crippen molar-refractivity contribution in [3.8, 4) is 0 Å². The van der Waals surface area contributed by atoms with Gasteiger partial charge in [0.2, 0.25) is 0 Å². The van der Waals surface area contributed by atoms with Gasteiger partial charge in [0.1, 0.15) is 11.6 Å². The Balaban J connectivity index is 2.62. The number of benzene rings is 1. The van der Waals surface area contributed by atoms with Gasteiger partial charge in [0.15, 0.2) is 0 Å². The Bertz CT molecular complexity index is 299. The zero-order valence-corrected chi connectivity index (χ0v) is 8.82. The van der Waals surface area contributed by atoms with E-state index >= 15 is 0 Å². The van der Waals surface area contributed by atoms with Crippen LogP contribution in [0.4, 0.5) is 8.78 Å². The predicted molar refractivity (Wildman–Crippen MR) is 54.6 cm³/mol. The third-order valence-electron chi connectivity index (χ3n) is 2.18. The maximum atomic E-state index is 13.1. The fraction of sp³-hybridized carbons (Fsp3) is 0.455. The highest BCUT2D eigenvalue weighted by Crippen LogP contribution is 2.15. The summed E-state index contributed by atoms with van der Waals surface area (Å²) in [6, 6.07) is 3.54. The van der Waals surface area contributed by atoms with E-state index in [9.17, 15) is 8.78 Å². The number of hydrogen-bond donors (Lipinski definition) is 0. The number of halogens is 3. The Morgan fingerprint density at radius 2 is 2.07 bits per heavy atom. The molecule has 0 saturated carbocycles. The van der Waals surface area contributed by atoms with E-state index in [1.54, 1.807) is 0 Å². The maximum absolute atomic E-state index is 13.1. The van der Waals surface area contributed by atoms with Crippen LogP contribution in [0.1, 0.15) is 18.9 Å². The largest absolute Gasteiger partial charge is 0.207 e. The maximum Gasteiger partial charge on any atom is 0.126 e. The highest BCUT2D eigenvalue weighted by molar-refractivity contribution is 6.18. The molecule has 0 aliphatic rings. The molecule has 0 spiro atoms. The van der Waals surface area contributed by atoms with E-state index in [0.29, 0.717) is 23.8 Å². The molecule has 0 aliphatic carbocycles. The van der Waals surface area contributed by atoms with Crippen molar-refractivity contribution in [2.45, 2.75) is 19.8 Å². The van der Waals surface area contributed by atoms with Gasteiger partial charge in [-0.25, -0.2) is 8.78 Å². The minimum absolute atomic E-state index is 0.333. The highest BCUT2D eigenvalue weighted by Gasteiger charge is 2.06. The topological polar surface area (TPSA) is 0 Å². The zero-order chi connectivity index (χ0) is 10.6. The summed E-state index contributed by atoms with van der Waals surface area (Å²) in [7, 11) is 0. The summed E-state index contributed by atoms with van der Waals surface area (Å²) in [4.78, 5) is 0. The van der Waals surface area contributed by atoms with Crippen molar-refractivity contribution in [1.29, 1.82) is 0 Å². The lowest BCUT2D eigenvalue weighted by molar-refractivity contribution is 0.551. The molecule has 1 unspecified atom stereocenters. The molecule has 0 bridgehead atoms. The second kappa shape index (κ2) is 5.30. The third-order valence-corrected chi connectivity index (χ3v) is 2.70. The predicted octanol–water partition coefficient (Wildman–Crippen LogP) is 3.77. The zero-order valence-electron chi connectivity index (χ0n) is 8.06. The number of rotatable bonds is 4. The first kappa shape index (κ1) is 11.4. The van der Waals surface area contributed by atoms with Gasteiger partial charge < -0.3 is 0 Å². The van der Waals surface area contributed by atoms with Gasteiger partial charge in [-0.05, 0) is 42.5 Å². The van der Waals surface area contributed by atoms with E-state index in [0.717, 1.165) is 18.6 Å². The quantitative estimate of drug-likeness (QED) is 0.675. The lowest BCUT2D eigenvalue weighted by Crippen LogP contribution is -2.00. The Hall–Kier alpha value is -0.630. The van der Waals surface area contributed by atoms with Gasteiger partial charge in [0.05, 0.1) is 0 Å². The van der Waals surface area contributed by atoms with Crippen LogP contribution in [0.2, 0.25) is 0 Å². The van der Waals surface area contributed by atoms with Crippen molar-refractivity contribution in [2.24, 2.45) is 5.92 Å². The summed E-state index contributed by atoms with van der Waals surface area (Å²) in [5, 5.41) is 0. The molecule has 0 N–H and O–H groups in total. The average molecular weight is 219 g/mol. The minimum Gasteiger partial charge on any atom is -0.207 e. The molecule has 0 heterocycles. The normalized spacial score (nSPS) is 12.9. The van der Waals surface area contributed by atoms with Gasteiger partial charge >= 0.3 is 0 Å². The molecular formula is C11H13ClF2. The molecule has 78 valence electrons. The van der Waals surface area contributed by atoms with Crippen molar-refractivity contribution in [1.82, 2.24) is 0 Å². The van der Waals surface area contributed by atoms with Crippen LogP contribution in [-0.2, 0) is 6.42 Å². The first-order chi connectivity index (χ1) is 6.63. The van der Waals surface area contributed by atoms with Gasteiger partial charge in [-0.3, -0.25) is 0 Å². The Kier molecular flexibility index (Phi) is 4.33. The fourth-order valence-electron chi connectivity index (χ4n) is 1.21. The smallest absolute Gasteiger partial charge is 0.126 e. The molecule has 1 atom stereocenters. The molecule has 1 aromatic rings. The van der Waals surface area contributed by atoms with Crippen molar-refractivity contribution in [3.05, 3.63) is 35.4 Å². The molecule has 1 aromatic carbocycles. The molecule has 0 aromatic heterocycles. The Morgan fingerprint density at radius 3 is 2.71 bits per heavy atom. The molecule has 14 heavy (non-hydrogen) atoms. The molecule has 0 amide bonds. The molecule has 0 aliphatic heterocycles. The molecule has 0 fully saturated rings. The average Bonchev–Trinajstić information content (AvgIpc) is 2.19. The summed E-state index contributed by atoms with van der Waals surface area (Å²) in [6.45, 7) is 1.99. The van der Waals surface area contributed by atoms with Gasteiger partial charge in [-0.2, -0.15) is 0 Å². The van der Waals surface area contributed by atoms with E-state index < -0.39 is 0 Å². The Morgan fingerprint density at radius 1 is 1.36 bits per heavy atom. The van der Waals surface area contributed by atoms with E-state index in [-0.39, 0.29) is 11.6 Å². The summed E-state index contributed by atoms with van der Waals surface area (Å²) in [5.74, 6) is 0.157. The van der Waals surface area contributed by atoms with Gasteiger partial charge in [0, 0.05) is 5.88 Å². The molecule has 0 radical (unpaired) electrons. The number of aryl methyl sites for hydroxylation is 1. The van der Waals surface area contributed by atoms with Crippen LogP contribution >= 0.6 is 11.6 Å². The Labute approximate surface area is 87.9 Å². The lowest BCUT2D eigenvalue weighted by Gasteiger charge is -2.07. The van der Waals surface area contributed by atoms with Crippen LogP contribution in [0.3, 0.4) is 0 Å². The summed E-state index contributed by atoms with van der Waals surface area (Å²) in [5.41, 5.74) is 0.432. The SMILES string of the molecule is CC(CCl)CCc1cc(F)ccc1F. The van der Waals surface area contributed by atoms with Crippen LogP contribution in [-0.4, -0.2) is 5.88 Å². The fourth-order valence-corrected chi connectivity index (χ4v) is 1.37. The number of alkyl halides is 1. The molecule has 0 nitrogen and oxygen atoms in total. The molecule has 3 heteroatoms. The molecular weight excluding hydrogens is 206 g/mol. The number of hydrogen-bond acceptors (Lipinski definition) is 0. The molecule has 0 saturated heterocycles. The van der Waals surface area contributed by atoms with Crippen molar-refractivity contribution in [2.75, 3.05) is 5.88 Å². The van der Waals surface area contributed by atoms with E-state index in [4.69, 9.17) is 11.6 Å². The van der Waals surface area contributed by atoms with Gasteiger partial charge in [0.25, 0.3) is 0 Å². The van der Waals surface area contributed by atoms with E-state index in [1.165, 1.54) is 6.07 Å². The van der Waals surface area contributed by atoms with Crippen LogP contribution in [0.15, 0.2) is 18.2 Å². The first-order valence-electron chi connectivity index (χ1n) is 4.63. The van der Waals surface area contributed by atoms with Crippen LogP contribution in [0, 0.1) is 17.6 Å². The third kappa shape index (κ3) is 3.26. The van der Waals surface area contributed by atoms with Crippen LogP contribution < -0.4 is 0 Å². The van der Waals surface area contributed by atoms with Crippen molar-refractivity contribution >= 4 is 11.6 Å². The second-order valence-electron chi connectivity index (χ2n) is 3.53. The summed E-state index contributed by atoms with van der Waals surface area (Å²) >= 11 is 5.62. The van der Waals surface area contributed by atoms with Crippen molar-refractivity contribution in [3.63, 3.8) is 0 Å². The van der Waals surface area contributed by atoms with Crippen LogP contribution in [0.25, 0.3) is 0 Å².